The van der Waals surface area contributed by atoms with E-state index in [4.69, 9.17) is 4.74 Å². The van der Waals surface area contributed by atoms with Crippen molar-refractivity contribution in [2.24, 2.45) is 0 Å². The van der Waals surface area contributed by atoms with Crippen molar-refractivity contribution in [3.8, 4) is 0 Å². The van der Waals surface area contributed by atoms with Gasteiger partial charge in [0, 0.05) is 13.2 Å². The van der Waals surface area contributed by atoms with Gasteiger partial charge in [-0.15, -0.1) is 0 Å². The van der Waals surface area contributed by atoms with Gasteiger partial charge in [-0.2, -0.15) is 0 Å². The Bertz CT molecular complexity index is 228. The van der Waals surface area contributed by atoms with Gasteiger partial charge in [0.1, 0.15) is 0 Å². The van der Waals surface area contributed by atoms with Crippen LogP contribution in [0.3, 0.4) is 0 Å². The van der Waals surface area contributed by atoms with E-state index in [0.29, 0.717) is 19.4 Å². The summed E-state index contributed by atoms with van der Waals surface area (Å²) in [5.41, 5.74) is -0.499. The maximum Gasteiger partial charge on any atom is 0.315 e. The molecule has 0 aromatic rings. The number of ether oxygens (including phenoxy) is 1. The molecule has 2 amide bonds. The lowest BCUT2D eigenvalue weighted by Crippen LogP contribution is -2.54. The van der Waals surface area contributed by atoms with Crippen molar-refractivity contribution in [3.63, 3.8) is 0 Å². The zero-order valence-corrected chi connectivity index (χ0v) is 10.8. The predicted molar refractivity (Wildman–Crippen MR) is 65.9 cm³/mol. The largest absolute Gasteiger partial charge is 0.394 e. The van der Waals surface area contributed by atoms with E-state index in [1.165, 1.54) is 0 Å². The van der Waals surface area contributed by atoms with E-state index in [0.717, 1.165) is 19.4 Å². The average Bonchev–Trinajstić information content (AvgIpc) is 2.87. The molecule has 3 N–H and O–H groups in total. The minimum atomic E-state index is -0.499. The first-order chi connectivity index (χ1) is 8.15. The van der Waals surface area contributed by atoms with Crippen LogP contribution in [0, 0.1) is 0 Å². The summed E-state index contributed by atoms with van der Waals surface area (Å²) in [5, 5.41) is 15.0. The molecule has 100 valence electrons. The maximum absolute atomic E-state index is 11.7. The molecule has 1 saturated heterocycles. The molecule has 0 aromatic carbocycles. The molecule has 0 unspecified atom stereocenters. The highest BCUT2D eigenvalue weighted by molar-refractivity contribution is 5.74. The standard InChI is InChI=1S/C12H24N2O3/c1-3-12(4-2,9-15)14-11(16)13-8-10-6-5-7-17-10/h10,15H,3-9H2,1-2H3,(H2,13,14,16)/t10-/m0/s1. The molecule has 1 rings (SSSR count). The zero-order valence-electron chi connectivity index (χ0n) is 10.8. The third-order valence-corrected chi connectivity index (χ3v) is 3.55. The maximum atomic E-state index is 11.7. The van der Waals surface area contributed by atoms with Gasteiger partial charge in [0.25, 0.3) is 0 Å². The second-order valence-corrected chi connectivity index (χ2v) is 4.62. The van der Waals surface area contributed by atoms with E-state index >= 15 is 0 Å². The van der Waals surface area contributed by atoms with Gasteiger partial charge >= 0.3 is 6.03 Å². The average molecular weight is 244 g/mol. The summed E-state index contributed by atoms with van der Waals surface area (Å²) in [5.74, 6) is 0. The molecule has 1 atom stereocenters. The van der Waals surface area contributed by atoms with Crippen molar-refractivity contribution in [1.29, 1.82) is 0 Å². The number of amides is 2. The molecular weight excluding hydrogens is 220 g/mol. The van der Waals surface area contributed by atoms with E-state index in [1.54, 1.807) is 0 Å². The van der Waals surface area contributed by atoms with Crippen molar-refractivity contribution < 1.29 is 14.6 Å². The first kappa shape index (κ1) is 14.3. The Balaban J connectivity index is 2.31. The van der Waals surface area contributed by atoms with Gasteiger partial charge in [-0.25, -0.2) is 4.79 Å². The molecule has 0 aliphatic carbocycles. The molecular formula is C12H24N2O3. The van der Waals surface area contributed by atoms with Crippen molar-refractivity contribution in [3.05, 3.63) is 0 Å². The highest BCUT2D eigenvalue weighted by Gasteiger charge is 2.27. The number of hydrogen-bond acceptors (Lipinski definition) is 3. The number of aliphatic hydroxyl groups is 1. The Morgan fingerprint density at radius 2 is 2.18 bits per heavy atom. The predicted octanol–water partition coefficient (Wildman–Crippen LogP) is 1.02. The third kappa shape index (κ3) is 4.16. The fourth-order valence-corrected chi connectivity index (χ4v) is 1.99. The van der Waals surface area contributed by atoms with Gasteiger partial charge in [0.2, 0.25) is 0 Å². The normalized spacial score (nSPS) is 20.3. The molecule has 5 heteroatoms. The number of carbonyl (C=O) groups is 1. The molecule has 0 saturated carbocycles. The Kier molecular flexibility index (Phi) is 5.71. The summed E-state index contributed by atoms with van der Waals surface area (Å²) >= 11 is 0. The van der Waals surface area contributed by atoms with E-state index in [2.05, 4.69) is 10.6 Å². The van der Waals surface area contributed by atoms with Crippen molar-refractivity contribution in [2.45, 2.75) is 51.2 Å². The monoisotopic (exact) mass is 244 g/mol. The molecule has 0 spiro atoms. The number of aliphatic hydroxyl groups excluding tert-OH is 1. The highest BCUT2D eigenvalue weighted by atomic mass is 16.5. The third-order valence-electron chi connectivity index (χ3n) is 3.55. The summed E-state index contributed by atoms with van der Waals surface area (Å²) in [7, 11) is 0. The summed E-state index contributed by atoms with van der Waals surface area (Å²) < 4.78 is 5.42. The molecule has 17 heavy (non-hydrogen) atoms. The summed E-state index contributed by atoms with van der Waals surface area (Å²) in [4.78, 5) is 11.7. The van der Waals surface area contributed by atoms with Crippen LogP contribution in [0.25, 0.3) is 0 Å². The number of urea groups is 1. The lowest BCUT2D eigenvalue weighted by atomic mass is 9.94. The van der Waals surface area contributed by atoms with Crippen molar-refractivity contribution >= 4 is 6.03 Å². The fourth-order valence-electron chi connectivity index (χ4n) is 1.99. The van der Waals surface area contributed by atoms with Crippen LogP contribution in [0.4, 0.5) is 4.79 Å². The van der Waals surface area contributed by atoms with Gasteiger partial charge in [-0.05, 0) is 25.7 Å². The molecule has 0 bridgehead atoms. The zero-order chi connectivity index (χ0) is 12.7. The van der Waals surface area contributed by atoms with Crippen LogP contribution in [-0.4, -0.2) is 42.5 Å². The number of carbonyl (C=O) groups excluding carboxylic acids is 1. The minimum Gasteiger partial charge on any atom is -0.394 e. The lowest BCUT2D eigenvalue weighted by molar-refractivity contribution is 0.109. The second-order valence-electron chi connectivity index (χ2n) is 4.62. The Labute approximate surface area is 103 Å². The number of rotatable bonds is 6. The molecule has 1 fully saturated rings. The molecule has 1 aliphatic heterocycles. The van der Waals surface area contributed by atoms with Crippen LogP contribution in [0.1, 0.15) is 39.5 Å². The molecule has 1 heterocycles. The van der Waals surface area contributed by atoms with Crippen LogP contribution in [-0.2, 0) is 4.74 Å². The Morgan fingerprint density at radius 1 is 1.47 bits per heavy atom. The van der Waals surface area contributed by atoms with Gasteiger partial charge in [-0.3, -0.25) is 0 Å². The van der Waals surface area contributed by atoms with E-state index < -0.39 is 5.54 Å². The number of nitrogens with one attached hydrogen (secondary N) is 2. The molecule has 1 aliphatic rings. The smallest absolute Gasteiger partial charge is 0.315 e. The van der Waals surface area contributed by atoms with Crippen LogP contribution in [0.5, 0.6) is 0 Å². The number of hydrogen-bond donors (Lipinski definition) is 3. The van der Waals surface area contributed by atoms with Crippen LogP contribution >= 0.6 is 0 Å². The van der Waals surface area contributed by atoms with Gasteiger partial charge in [0.05, 0.1) is 18.2 Å². The first-order valence-electron chi connectivity index (χ1n) is 6.44. The van der Waals surface area contributed by atoms with Gasteiger partial charge < -0.3 is 20.5 Å². The minimum absolute atomic E-state index is 0.0344. The van der Waals surface area contributed by atoms with Crippen LogP contribution < -0.4 is 10.6 Å². The van der Waals surface area contributed by atoms with Crippen LogP contribution in [0.15, 0.2) is 0 Å². The van der Waals surface area contributed by atoms with E-state index in [9.17, 15) is 9.90 Å². The Morgan fingerprint density at radius 3 is 2.65 bits per heavy atom. The highest BCUT2D eigenvalue weighted by Crippen LogP contribution is 2.14. The molecule has 0 radical (unpaired) electrons. The van der Waals surface area contributed by atoms with Crippen molar-refractivity contribution in [2.75, 3.05) is 19.8 Å². The summed E-state index contributed by atoms with van der Waals surface area (Å²) in [6, 6.07) is -0.224. The molecule has 0 aromatic heterocycles. The molecule has 5 nitrogen and oxygen atoms in total. The van der Waals surface area contributed by atoms with E-state index in [1.807, 2.05) is 13.8 Å². The lowest BCUT2D eigenvalue weighted by Gasteiger charge is -2.30. The summed E-state index contributed by atoms with van der Waals surface area (Å²) in [6.45, 7) is 5.22. The fraction of sp³-hybridized carbons (Fsp3) is 0.917. The first-order valence-corrected chi connectivity index (χ1v) is 6.44. The van der Waals surface area contributed by atoms with Crippen molar-refractivity contribution in [1.82, 2.24) is 10.6 Å². The summed E-state index contributed by atoms with van der Waals surface area (Å²) in [6.07, 6.45) is 3.65. The SMILES string of the molecule is CCC(CC)(CO)NC(=O)NC[C@@H]1CCCO1. The topological polar surface area (TPSA) is 70.6 Å². The van der Waals surface area contributed by atoms with Crippen LogP contribution in [0.2, 0.25) is 0 Å². The quantitative estimate of drug-likeness (QED) is 0.653. The second kappa shape index (κ2) is 6.81. The van der Waals surface area contributed by atoms with Gasteiger partial charge in [0.15, 0.2) is 0 Å². The van der Waals surface area contributed by atoms with Gasteiger partial charge in [-0.1, -0.05) is 13.8 Å². The Hall–Kier alpha value is -0.810. The van der Waals surface area contributed by atoms with E-state index in [-0.39, 0.29) is 18.7 Å².